The minimum absolute atomic E-state index is 0.0621. The number of halogens is 1. The molecule has 3 aromatic carbocycles. The van der Waals surface area contributed by atoms with Crippen molar-refractivity contribution in [2.75, 3.05) is 25.0 Å². The molecule has 0 radical (unpaired) electrons. The second kappa shape index (κ2) is 7.43. The quantitative estimate of drug-likeness (QED) is 0.489. The van der Waals surface area contributed by atoms with Gasteiger partial charge in [-0.15, -0.1) is 0 Å². The standard InChI is InChI=1S/C25H22FN3O/c1-27-12-13-28(21-14-18-6-2-3-7-22(18)23(26)16-21)24-10-9-20(15-19(24)17-27)29-11-5-4-8-25(29)30/h2-11,14-16H,12-13,17H2,1H3. The number of rotatable bonds is 2. The Labute approximate surface area is 174 Å². The number of benzene rings is 3. The molecule has 0 fully saturated rings. The molecule has 2 heterocycles. The van der Waals surface area contributed by atoms with Crippen molar-refractivity contribution in [3.05, 3.63) is 101 Å². The summed E-state index contributed by atoms with van der Waals surface area (Å²) in [5.41, 5.74) is 3.76. The average Bonchev–Trinajstić information content (AvgIpc) is 2.91. The van der Waals surface area contributed by atoms with E-state index < -0.39 is 0 Å². The van der Waals surface area contributed by atoms with Crippen LogP contribution in [-0.4, -0.2) is 29.6 Å². The van der Waals surface area contributed by atoms with E-state index in [4.69, 9.17) is 0 Å². The molecule has 0 spiro atoms. The summed E-state index contributed by atoms with van der Waals surface area (Å²) in [4.78, 5) is 16.7. The van der Waals surface area contributed by atoms with Gasteiger partial charge >= 0.3 is 0 Å². The lowest BCUT2D eigenvalue weighted by atomic mass is 10.1. The fourth-order valence-electron chi connectivity index (χ4n) is 4.19. The summed E-state index contributed by atoms with van der Waals surface area (Å²) in [6.45, 7) is 2.37. The van der Waals surface area contributed by atoms with Crippen molar-refractivity contribution in [3.8, 4) is 5.69 Å². The molecule has 4 aromatic rings. The molecule has 30 heavy (non-hydrogen) atoms. The third-order valence-electron chi connectivity index (χ3n) is 5.71. The number of hydrogen-bond acceptors (Lipinski definition) is 3. The molecule has 0 saturated heterocycles. The highest BCUT2D eigenvalue weighted by Crippen LogP contribution is 2.35. The van der Waals surface area contributed by atoms with E-state index >= 15 is 0 Å². The number of fused-ring (bicyclic) bond motifs is 2. The Kier molecular flexibility index (Phi) is 4.60. The lowest BCUT2D eigenvalue weighted by Crippen LogP contribution is -2.26. The molecule has 0 aliphatic carbocycles. The smallest absolute Gasteiger partial charge is 0.255 e. The second-order valence-electron chi connectivity index (χ2n) is 7.76. The third kappa shape index (κ3) is 3.27. The summed E-state index contributed by atoms with van der Waals surface area (Å²) in [5.74, 6) is -0.213. The molecule has 4 nitrogen and oxygen atoms in total. The van der Waals surface area contributed by atoms with Crippen LogP contribution in [0.2, 0.25) is 0 Å². The molecule has 0 N–H and O–H groups in total. The minimum atomic E-state index is -0.213. The first-order valence-corrected chi connectivity index (χ1v) is 10.1. The van der Waals surface area contributed by atoms with Gasteiger partial charge in [0.15, 0.2) is 0 Å². The summed E-state index contributed by atoms with van der Waals surface area (Å²) in [7, 11) is 2.08. The molecule has 0 atom stereocenters. The fraction of sp³-hybridized carbons (Fsp3) is 0.160. The Balaban J connectivity index is 1.64. The number of pyridine rings is 1. The molecule has 1 aliphatic heterocycles. The number of hydrogen-bond donors (Lipinski definition) is 0. The van der Waals surface area contributed by atoms with Gasteiger partial charge < -0.3 is 9.80 Å². The minimum Gasteiger partial charge on any atom is -0.340 e. The summed E-state index contributed by atoms with van der Waals surface area (Å²) in [6.07, 6.45) is 1.78. The molecular formula is C25H22FN3O. The van der Waals surface area contributed by atoms with E-state index in [1.165, 1.54) is 0 Å². The van der Waals surface area contributed by atoms with Gasteiger partial charge in [-0.25, -0.2) is 4.39 Å². The molecule has 1 aliphatic rings. The van der Waals surface area contributed by atoms with E-state index in [0.29, 0.717) is 5.39 Å². The zero-order valence-electron chi connectivity index (χ0n) is 16.8. The largest absolute Gasteiger partial charge is 0.340 e. The predicted molar refractivity (Wildman–Crippen MR) is 119 cm³/mol. The van der Waals surface area contributed by atoms with Gasteiger partial charge in [-0.2, -0.15) is 0 Å². The summed E-state index contributed by atoms with van der Waals surface area (Å²) in [5, 5.41) is 1.52. The van der Waals surface area contributed by atoms with Gasteiger partial charge in [-0.3, -0.25) is 9.36 Å². The number of aromatic nitrogens is 1. The normalized spacial score (nSPS) is 14.5. The van der Waals surface area contributed by atoms with Crippen molar-refractivity contribution in [3.63, 3.8) is 0 Å². The van der Waals surface area contributed by atoms with Gasteiger partial charge in [0, 0.05) is 54.3 Å². The highest BCUT2D eigenvalue weighted by Gasteiger charge is 2.21. The monoisotopic (exact) mass is 399 g/mol. The summed E-state index contributed by atoms with van der Waals surface area (Å²) < 4.78 is 16.5. The summed E-state index contributed by atoms with van der Waals surface area (Å²) >= 11 is 0. The van der Waals surface area contributed by atoms with Crippen LogP contribution < -0.4 is 10.5 Å². The van der Waals surface area contributed by atoms with Gasteiger partial charge in [0.05, 0.1) is 0 Å². The highest BCUT2D eigenvalue weighted by atomic mass is 19.1. The lowest BCUT2D eigenvalue weighted by molar-refractivity contribution is 0.343. The zero-order valence-corrected chi connectivity index (χ0v) is 16.8. The van der Waals surface area contributed by atoms with Crippen molar-refractivity contribution in [1.82, 2.24) is 9.47 Å². The third-order valence-corrected chi connectivity index (χ3v) is 5.71. The molecular weight excluding hydrogens is 377 g/mol. The SMILES string of the molecule is CN1CCN(c2cc(F)c3ccccc3c2)c2ccc(-n3ccccc3=O)cc2C1. The van der Waals surface area contributed by atoms with Crippen LogP contribution >= 0.6 is 0 Å². The van der Waals surface area contributed by atoms with Crippen LogP contribution in [0.3, 0.4) is 0 Å². The van der Waals surface area contributed by atoms with Crippen molar-refractivity contribution in [2.45, 2.75) is 6.54 Å². The van der Waals surface area contributed by atoms with Gasteiger partial charge in [-0.1, -0.05) is 30.3 Å². The fourth-order valence-corrected chi connectivity index (χ4v) is 4.19. The van der Waals surface area contributed by atoms with Gasteiger partial charge in [0.1, 0.15) is 5.82 Å². The average molecular weight is 399 g/mol. The Morgan fingerprint density at radius 1 is 0.867 bits per heavy atom. The maximum atomic E-state index is 14.8. The van der Waals surface area contributed by atoms with Crippen LogP contribution in [-0.2, 0) is 6.54 Å². The van der Waals surface area contributed by atoms with Crippen LogP contribution in [0.25, 0.3) is 16.5 Å². The van der Waals surface area contributed by atoms with E-state index in [0.717, 1.165) is 47.6 Å². The first-order valence-electron chi connectivity index (χ1n) is 10.1. The van der Waals surface area contributed by atoms with Crippen molar-refractivity contribution >= 4 is 22.1 Å². The second-order valence-corrected chi connectivity index (χ2v) is 7.76. The van der Waals surface area contributed by atoms with Crippen molar-refractivity contribution in [1.29, 1.82) is 0 Å². The van der Waals surface area contributed by atoms with Crippen LogP contribution in [0.4, 0.5) is 15.8 Å². The van der Waals surface area contributed by atoms with Crippen LogP contribution in [0.5, 0.6) is 0 Å². The molecule has 0 unspecified atom stereocenters. The Morgan fingerprint density at radius 3 is 2.57 bits per heavy atom. The van der Waals surface area contributed by atoms with Gasteiger partial charge in [0.2, 0.25) is 0 Å². The van der Waals surface area contributed by atoms with Gasteiger partial charge in [0.25, 0.3) is 5.56 Å². The molecule has 5 rings (SSSR count). The molecule has 1 aromatic heterocycles. The van der Waals surface area contributed by atoms with Crippen molar-refractivity contribution < 1.29 is 4.39 Å². The zero-order chi connectivity index (χ0) is 20.7. The topological polar surface area (TPSA) is 28.5 Å². The highest BCUT2D eigenvalue weighted by molar-refractivity contribution is 5.88. The summed E-state index contributed by atoms with van der Waals surface area (Å²) in [6, 6.07) is 22.4. The Bertz CT molecular complexity index is 1300. The first-order chi connectivity index (χ1) is 14.6. The van der Waals surface area contributed by atoms with E-state index in [2.05, 4.69) is 22.9 Å². The van der Waals surface area contributed by atoms with E-state index in [-0.39, 0.29) is 11.4 Å². The number of anilines is 2. The maximum Gasteiger partial charge on any atom is 0.255 e. The van der Waals surface area contributed by atoms with Crippen molar-refractivity contribution in [2.24, 2.45) is 0 Å². The van der Waals surface area contributed by atoms with Gasteiger partial charge in [-0.05, 0) is 54.4 Å². The molecule has 0 amide bonds. The molecule has 150 valence electrons. The van der Waals surface area contributed by atoms with E-state index in [9.17, 15) is 9.18 Å². The Morgan fingerprint density at radius 2 is 1.70 bits per heavy atom. The lowest BCUT2D eigenvalue weighted by Gasteiger charge is -2.26. The predicted octanol–water partition coefficient (Wildman–Crippen LogP) is 4.71. The van der Waals surface area contributed by atoms with E-state index in [1.54, 1.807) is 29.0 Å². The van der Waals surface area contributed by atoms with Crippen LogP contribution in [0, 0.1) is 5.82 Å². The first kappa shape index (κ1) is 18.6. The van der Waals surface area contributed by atoms with Crippen LogP contribution in [0.15, 0.2) is 83.8 Å². The number of nitrogens with zero attached hydrogens (tertiary/aromatic N) is 3. The maximum absolute atomic E-state index is 14.8. The van der Waals surface area contributed by atoms with E-state index in [1.807, 2.05) is 48.5 Å². The molecule has 5 heteroatoms. The van der Waals surface area contributed by atoms with Crippen LogP contribution in [0.1, 0.15) is 5.56 Å². The Hall–Kier alpha value is -3.44. The number of likely N-dealkylation sites (N-methyl/N-ethyl adjacent to an activating group) is 1. The molecule has 0 bridgehead atoms. The molecule has 0 saturated carbocycles.